The number of hydrogen-bond acceptors (Lipinski definition) is 3. The lowest BCUT2D eigenvalue weighted by molar-refractivity contribution is 0.406. The molecule has 0 aliphatic heterocycles. The van der Waals surface area contributed by atoms with Crippen LogP contribution >= 0.6 is 11.6 Å². The van der Waals surface area contributed by atoms with Crippen molar-refractivity contribution < 1.29 is 9.84 Å². The van der Waals surface area contributed by atoms with Crippen molar-refractivity contribution in [2.75, 3.05) is 7.11 Å². The van der Waals surface area contributed by atoms with Gasteiger partial charge in [0.25, 0.3) is 0 Å². The third-order valence-electron chi connectivity index (χ3n) is 3.25. The summed E-state index contributed by atoms with van der Waals surface area (Å²) in [6.45, 7) is 2.64. The van der Waals surface area contributed by atoms with E-state index < -0.39 is 0 Å². The molecule has 4 heteroatoms. The highest BCUT2D eigenvalue weighted by atomic mass is 35.5. The van der Waals surface area contributed by atoms with Crippen LogP contribution in [0.4, 0.5) is 0 Å². The third-order valence-corrected chi connectivity index (χ3v) is 3.61. The first-order valence-electron chi connectivity index (χ1n) is 6.45. The molecule has 0 aliphatic carbocycles. The van der Waals surface area contributed by atoms with Crippen molar-refractivity contribution in [3.63, 3.8) is 0 Å². The van der Waals surface area contributed by atoms with Gasteiger partial charge in [-0.3, -0.25) is 0 Å². The minimum atomic E-state index is 0.100. The summed E-state index contributed by atoms with van der Waals surface area (Å²) in [6, 6.07) is 12.9. The van der Waals surface area contributed by atoms with Gasteiger partial charge in [0.05, 0.1) is 7.11 Å². The van der Waals surface area contributed by atoms with Gasteiger partial charge in [-0.05, 0) is 36.8 Å². The standard InChI is InChI=1S/C16H18ClNO2/c1-11(12-5-3-6-13(19)9-12)18-10-14-15(17)7-4-8-16(14)20-2/h3-9,11,18-19H,10H2,1-2H3. The minimum Gasteiger partial charge on any atom is -0.508 e. The summed E-state index contributed by atoms with van der Waals surface area (Å²) in [6.07, 6.45) is 0. The Labute approximate surface area is 124 Å². The lowest BCUT2D eigenvalue weighted by Crippen LogP contribution is -2.18. The first-order chi connectivity index (χ1) is 9.61. The molecule has 3 nitrogen and oxygen atoms in total. The zero-order valence-corrected chi connectivity index (χ0v) is 12.3. The van der Waals surface area contributed by atoms with E-state index >= 15 is 0 Å². The molecule has 2 N–H and O–H groups in total. The lowest BCUT2D eigenvalue weighted by atomic mass is 10.1. The van der Waals surface area contributed by atoms with Crippen molar-refractivity contribution >= 4 is 11.6 Å². The molecule has 106 valence electrons. The summed E-state index contributed by atoms with van der Waals surface area (Å²) >= 11 is 6.20. The first-order valence-corrected chi connectivity index (χ1v) is 6.83. The van der Waals surface area contributed by atoms with E-state index in [0.29, 0.717) is 11.6 Å². The molecule has 0 bridgehead atoms. The molecule has 0 aliphatic rings. The van der Waals surface area contributed by atoms with Crippen LogP contribution in [0, 0.1) is 0 Å². The Morgan fingerprint density at radius 1 is 1.25 bits per heavy atom. The molecule has 0 spiro atoms. The summed E-state index contributed by atoms with van der Waals surface area (Å²) in [5.41, 5.74) is 1.96. The maximum Gasteiger partial charge on any atom is 0.124 e. The molecule has 0 saturated carbocycles. The second-order valence-corrected chi connectivity index (χ2v) is 5.03. The molecule has 0 radical (unpaired) electrons. The van der Waals surface area contributed by atoms with E-state index in [2.05, 4.69) is 5.32 Å². The highest BCUT2D eigenvalue weighted by Crippen LogP contribution is 2.27. The van der Waals surface area contributed by atoms with Gasteiger partial charge in [-0.2, -0.15) is 0 Å². The Balaban J connectivity index is 2.09. The number of methoxy groups -OCH3 is 1. The average Bonchev–Trinajstić information content (AvgIpc) is 2.45. The largest absolute Gasteiger partial charge is 0.508 e. The van der Waals surface area contributed by atoms with Crippen LogP contribution in [0.25, 0.3) is 0 Å². The van der Waals surface area contributed by atoms with E-state index in [-0.39, 0.29) is 11.8 Å². The highest BCUT2D eigenvalue weighted by Gasteiger charge is 2.10. The van der Waals surface area contributed by atoms with Gasteiger partial charge in [-0.15, -0.1) is 0 Å². The zero-order valence-electron chi connectivity index (χ0n) is 11.6. The van der Waals surface area contributed by atoms with E-state index in [1.165, 1.54) is 0 Å². The fraction of sp³-hybridized carbons (Fsp3) is 0.250. The number of phenols is 1. The Bertz CT molecular complexity index is 586. The van der Waals surface area contributed by atoms with Crippen LogP contribution in [0.15, 0.2) is 42.5 Å². The van der Waals surface area contributed by atoms with Crippen LogP contribution in [-0.2, 0) is 6.54 Å². The molecule has 2 rings (SSSR count). The normalized spacial score (nSPS) is 12.2. The molecule has 0 saturated heterocycles. The van der Waals surface area contributed by atoms with Gasteiger partial charge in [0.15, 0.2) is 0 Å². The molecule has 0 fully saturated rings. The quantitative estimate of drug-likeness (QED) is 0.878. The number of ether oxygens (including phenoxy) is 1. The SMILES string of the molecule is COc1cccc(Cl)c1CNC(C)c1cccc(O)c1. The predicted octanol–water partition coefficient (Wildman–Crippen LogP) is 3.91. The van der Waals surface area contributed by atoms with Crippen LogP contribution in [0.3, 0.4) is 0 Å². The van der Waals surface area contributed by atoms with Gasteiger partial charge in [0.2, 0.25) is 0 Å². The Morgan fingerprint density at radius 2 is 2.00 bits per heavy atom. The highest BCUT2D eigenvalue weighted by molar-refractivity contribution is 6.31. The summed E-state index contributed by atoms with van der Waals surface area (Å²) in [5, 5.41) is 13.6. The Morgan fingerprint density at radius 3 is 2.70 bits per heavy atom. The molecule has 1 unspecified atom stereocenters. The van der Waals surface area contributed by atoms with Gasteiger partial charge in [0, 0.05) is 23.2 Å². The number of benzene rings is 2. The molecule has 0 amide bonds. The number of aromatic hydroxyl groups is 1. The fourth-order valence-electron chi connectivity index (χ4n) is 2.07. The topological polar surface area (TPSA) is 41.5 Å². The lowest BCUT2D eigenvalue weighted by Gasteiger charge is -2.17. The van der Waals surface area contributed by atoms with E-state index in [1.807, 2.05) is 37.3 Å². The van der Waals surface area contributed by atoms with Crippen LogP contribution in [0.5, 0.6) is 11.5 Å². The molecule has 1 atom stereocenters. The second-order valence-electron chi connectivity index (χ2n) is 4.62. The van der Waals surface area contributed by atoms with Crippen molar-refractivity contribution in [3.8, 4) is 11.5 Å². The van der Waals surface area contributed by atoms with E-state index in [0.717, 1.165) is 16.9 Å². The Hall–Kier alpha value is -1.71. The number of rotatable bonds is 5. The first kappa shape index (κ1) is 14.7. The maximum atomic E-state index is 9.50. The number of nitrogens with one attached hydrogen (secondary N) is 1. The summed E-state index contributed by atoms with van der Waals surface area (Å²) < 4.78 is 5.32. The predicted molar refractivity (Wildman–Crippen MR) is 81.4 cm³/mol. The molecular formula is C16H18ClNO2. The van der Waals surface area contributed by atoms with Crippen LogP contribution < -0.4 is 10.1 Å². The molecule has 2 aromatic carbocycles. The summed E-state index contributed by atoms with van der Waals surface area (Å²) in [4.78, 5) is 0. The van der Waals surface area contributed by atoms with Crippen LogP contribution in [-0.4, -0.2) is 12.2 Å². The van der Waals surface area contributed by atoms with E-state index in [4.69, 9.17) is 16.3 Å². The minimum absolute atomic E-state index is 0.100. The molecule has 20 heavy (non-hydrogen) atoms. The molecule has 0 heterocycles. The van der Waals surface area contributed by atoms with Crippen molar-refractivity contribution in [3.05, 3.63) is 58.6 Å². The van der Waals surface area contributed by atoms with Crippen LogP contribution in [0.1, 0.15) is 24.1 Å². The van der Waals surface area contributed by atoms with Crippen molar-refractivity contribution in [1.82, 2.24) is 5.32 Å². The van der Waals surface area contributed by atoms with Gasteiger partial charge >= 0.3 is 0 Å². The van der Waals surface area contributed by atoms with Gasteiger partial charge in [-0.1, -0.05) is 29.8 Å². The van der Waals surface area contributed by atoms with Gasteiger partial charge in [-0.25, -0.2) is 0 Å². The third kappa shape index (κ3) is 3.44. The summed E-state index contributed by atoms with van der Waals surface area (Å²) in [7, 11) is 1.63. The summed E-state index contributed by atoms with van der Waals surface area (Å²) in [5.74, 6) is 1.04. The molecule has 0 aromatic heterocycles. The monoisotopic (exact) mass is 291 g/mol. The van der Waals surface area contributed by atoms with Crippen molar-refractivity contribution in [1.29, 1.82) is 0 Å². The second kappa shape index (κ2) is 6.64. The van der Waals surface area contributed by atoms with E-state index in [9.17, 15) is 5.11 Å². The Kier molecular flexibility index (Phi) is 4.88. The average molecular weight is 292 g/mol. The molecule has 2 aromatic rings. The zero-order chi connectivity index (χ0) is 14.5. The molecular weight excluding hydrogens is 274 g/mol. The number of hydrogen-bond donors (Lipinski definition) is 2. The smallest absolute Gasteiger partial charge is 0.124 e. The maximum absolute atomic E-state index is 9.50. The van der Waals surface area contributed by atoms with Gasteiger partial charge in [0.1, 0.15) is 11.5 Å². The number of halogens is 1. The van der Waals surface area contributed by atoms with Gasteiger partial charge < -0.3 is 15.2 Å². The van der Waals surface area contributed by atoms with Crippen LogP contribution in [0.2, 0.25) is 5.02 Å². The van der Waals surface area contributed by atoms with E-state index in [1.54, 1.807) is 19.2 Å². The van der Waals surface area contributed by atoms with Crippen molar-refractivity contribution in [2.24, 2.45) is 0 Å². The fourth-order valence-corrected chi connectivity index (χ4v) is 2.30. The number of phenolic OH excluding ortho intramolecular Hbond substituents is 1. The van der Waals surface area contributed by atoms with Crippen molar-refractivity contribution in [2.45, 2.75) is 19.5 Å².